The van der Waals surface area contributed by atoms with Gasteiger partial charge in [0.05, 0.1) is 30.1 Å². The van der Waals surface area contributed by atoms with Crippen LogP contribution in [0, 0.1) is 23.7 Å². The largest absolute Gasteiger partial charge is 0.364 e. The van der Waals surface area contributed by atoms with Crippen molar-refractivity contribution >= 4 is 33.3 Å². The molecular weight excluding hydrogens is 506 g/mol. The number of benzene rings is 1. The number of pyridine rings is 1. The molecular formula is C30H29N7OS. The normalized spacial score (nSPS) is 21.8. The molecule has 0 bridgehead atoms. The van der Waals surface area contributed by atoms with E-state index in [0.717, 1.165) is 88.4 Å². The lowest BCUT2D eigenvalue weighted by Gasteiger charge is -2.27. The van der Waals surface area contributed by atoms with Crippen molar-refractivity contribution in [2.24, 2.45) is 12.5 Å². The van der Waals surface area contributed by atoms with Gasteiger partial charge in [-0.15, -0.1) is 11.3 Å². The van der Waals surface area contributed by atoms with Crippen LogP contribution in [0.25, 0.3) is 43.8 Å². The van der Waals surface area contributed by atoms with Crippen molar-refractivity contribution in [3.05, 3.63) is 52.8 Å². The summed E-state index contributed by atoms with van der Waals surface area (Å²) in [7, 11) is 1.98. The Kier molecular flexibility index (Phi) is 4.91. The van der Waals surface area contributed by atoms with Crippen molar-refractivity contribution in [1.82, 2.24) is 29.6 Å². The minimum Gasteiger partial charge on any atom is -0.364 e. The van der Waals surface area contributed by atoms with Crippen molar-refractivity contribution in [2.45, 2.75) is 44.8 Å². The first kappa shape index (κ1) is 23.3. The molecule has 9 heteroatoms. The summed E-state index contributed by atoms with van der Waals surface area (Å²) in [6, 6.07) is 9.00. The van der Waals surface area contributed by atoms with E-state index in [2.05, 4.69) is 44.6 Å². The van der Waals surface area contributed by atoms with Crippen LogP contribution in [0.3, 0.4) is 0 Å². The predicted molar refractivity (Wildman–Crippen MR) is 151 cm³/mol. The Bertz CT molecular complexity index is 1820. The first-order valence-corrected chi connectivity index (χ1v) is 14.5. The fourth-order valence-corrected chi connectivity index (χ4v) is 7.68. The lowest BCUT2D eigenvalue weighted by atomic mass is 9.87. The fourth-order valence-electron chi connectivity index (χ4n) is 6.87. The van der Waals surface area contributed by atoms with Crippen LogP contribution in [0.4, 0.5) is 0 Å². The molecule has 1 saturated carbocycles. The van der Waals surface area contributed by atoms with Gasteiger partial charge in [0.15, 0.2) is 0 Å². The van der Waals surface area contributed by atoms with Crippen LogP contribution in [0.5, 0.6) is 0 Å². The number of hydrogen-bond donors (Lipinski definition) is 1. The first-order valence-electron chi connectivity index (χ1n) is 13.6. The minimum atomic E-state index is -0.370. The molecule has 0 radical (unpaired) electrons. The van der Waals surface area contributed by atoms with Crippen LogP contribution in [0.1, 0.15) is 42.5 Å². The third kappa shape index (κ3) is 3.52. The first-order chi connectivity index (χ1) is 19.0. The van der Waals surface area contributed by atoms with Crippen LogP contribution in [0.15, 0.2) is 36.0 Å². The van der Waals surface area contributed by atoms with Crippen molar-refractivity contribution in [1.29, 1.82) is 5.26 Å². The topological polar surface area (TPSA) is 95.7 Å². The molecule has 2 fully saturated rings. The Labute approximate surface area is 230 Å². The number of hydrogen-bond acceptors (Lipinski definition) is 7. The number of H-pyrrole nitrogens is 1. The number of aromatic nitrogens is 5. The van der Waals surface area contributed by atoms with Gasteiger partial charge in [-0.05, 0) is 49.3 Å². The molecule has 1 aromatic carbocycles. The predicted octanol–water partition coefficient (Wildman–Crippen LogP) is 5.67. The Hall–Kier alpha value is -3.58. The SMILES string of the molecule is Cc1csc(-c2[nH]c3ncc4c(c3c2-c2ccc3c(cnn3C)c2)[C@@]2(CCN(CC3(CC#N)CC3)C2)OC4)n1. The lowest BCUT2D eigenvalue weighted by Crippen LogP contribution is -2.34. The van der Waals surface area contributed by atoms with Crippen LogP contribution in [0.2, 0.25) is 0 Å². The third-order valence-corrected chi connectivity index (χ3v) is 9.99. The standard InChI is InChI=1S/C30H29N7OS/c1-18-15-39-28(34-18)26-23(19-3-4-22-20(11-19)13-33-36(22)2)24-25-21(12-32-27(24)35-26)14-38-30(25)8-10-37(17-30)16-29(5-6-29)7-9-31/h3-4,11-13,15H,5-8,10,14,16-17H2,1-2H3,(H,32,35)/t30-/m0/s1. The maximum absolute atomic E-state index is 9.36. The second kappa shape index (κ2) is 8.21. The van der Waals surface area contributed by atoms with E-state index < -0.39 is 0 Å². The smallest absolute Gasteiger partial charge is 0.140 e. The van der Waals surface area contributed by atoms with E-state index in [0.29, 0.717) is 13.0 Å². The van der Waals surface area contributed by atoms with Gasteiger partial charge < -0.3 is 9.72 Å². The van der Waals surface area contributed by atoms with Crippen LogP contribution < -0.4 is 0 Å². The van der Waals surface area contributed by atoms with Crippen LogP contribution >= 0.6 is 11.3 Å². The highest BCUT2D eigenvalue weighted by Gasteiger charge is 2.51. The second-order valence-electron chi connectivity index (χ2n) is 11.7. The van der Waals surface area contributed by atoms with Gasteiger partial charge in [0.2, 0.25) is 0 Å². The molecule has 196 valence electrons. The number of nitriles is 1. The molecule has 1 N–H and O–H groups in total. The quantitative estimate of drug-likeness (QED) is 0.311. The molecule has 5 aromatic rings. The number of rotatable bonds is 5. The van der Waals surface area contributed by atoms with Crippen molar-refractivity contribution < 1.29 is 4.74 Å². The van der Waals surface area contributed by atoms with E-state index in [1.54, 1.807) is 11.3 Å². The number of fused-ring (bicyclic) bond motifs is 5. The van der Waals surface area contributed by atoms with Gasteiger partial charge in [-0.2, -0.15) is 10.4 Å². The summed E-state index contributed by atoms with van der Waals surface area (Å²) in [5.74, 6) is 0. The number of nitrogens with zero attached hydrogens (tertiary/aromatic N) is 6. The molecule has 2 aliphatic heterocycles. The highest BCUT2D eigenvalue weighted by molar-refractivity contribution is 7.13. The molecule has 1 saturated heterocycles. The Balaban J connectivity index is 1.31. The van der Waals surface area contributed by atoms with Crippen molar-refractivity contribution in [3.8, 4) is 27.9 Å². The number of aryl methyl sites for hydroxylation is 2. The fraction of sp³-hybridized carbons (Fsp3) is 0.400. The number of nitrogens with one attached hydrogen (secondary N) is 1. The molecule has 4 aromatic heterocycles. The third-order valence-electron chi connectivity index (χ3n) is 9.01. The molecule has 39 heavy (non-hydrogen) atoms. The molecule has 6 heterocycles. The van der Waals surface area contributed by atoms with Crippen molar-refractivity contribution in [3.63, 3.8) is 0 Å². The van der Waals surface area contributed by atoms with Crippen LogP contribution in [-0.2, 0) is 24.0 Å². The van der Waals surface area contributed by atoms with Gasteiger partial charge in [0, 0.05) is 77.8 Å². The molecule has 3 aliphatic rings. The second-order valence-corrected chi connectivity index (χ2v) is 12.5. The zero-order chi connectivity index (χ0) is 26.4. The number of ether oxygens (including phenoxy) is 1. The summed E-state index contributed by atoms with van der Waals surface area (Å²) in [5, 5.41) is 19.2. The average Bonchev–Trinajstić information content (AvgIpc) is 3.44. The van der Waals surface area contributed by atoms with Gasteiger partial charge in [-0.25, -0.2) is 9.97 Å². The minimum absolute atomic E-state index is 0.184. The molecule has 1 aliphatic carbocycles. The van der Waals surface area contributed by atoms with Gasteiger partial charge in [0.1, 0.15) is 16.3 Å². The summed E-state index contributed by atoms with van der Waals surface area (Å²) >= 11 is 1.66. The molecule has 0 amide bonds. The maximum atomic E-state index is 9.36. The zero-order valence-electron chi connectivity index (χ0n) is 22.1. The summed E-state index contributed by atoms with van der Waals surface area (Å²) < 4.78 is 8.61. The lowest BCUT2D eigenvalue weighted by molar-refractivity contribution is -0.0296. The molecule has 1 spiro atoms. The maximum Gasteiger partial charge on any atom is 0.140 e. The average molecular weight is 536 g/mol. The molecule has 8 rings (SSSR count). The number of aromatic amines is 1. The van der Waals surface area contributed by atoms with Gasteiger partial charge >= 0.3 is 0 Å². The van der Waals surface area contributed by atoms with E-state index in [4.69, 9.17) is 14.7 Å². The van der Waals surface area contributed by atoms with E-state index in [1.165, 1.54) is 11.1 Å². The van der Waals surface area contributed by atoms with Gasteiger partial charge in [-0.1, -0.05) is 6.07 Å². The van der Waals surface area contributed by atoms with Crippen molar-refractivity contribution in [2.75, 3.05) is 19.6 Å². The highest BCUT2D eigenvalue weighted by atomic mass is 32.1. The summed E-state index contributed by atoms with van der Waals surface area (Å²) in [4.78, 5) is 16.0. The monoisotopic (exact) mass is 535 g/mol. The van der Waals surface area contributed by atoms with Gasteiger partial charge in [0.25, 0.3) is 0 Å². The summed E-state index contributed by atoms with van der Waals surface area (Å²) in [5.41, 5.74) is 8.53. The van der Waals surface area contributed by atoms with E-state index >= 15 is 0 Å². The zero-order valence-corrected chi connectivity index (χ0v) is 22.9. The highest BCUT2D eigenvalue weighted by Crippen LogP contribution is 2.53. The number of likely N-dealkylation sites (tertiary alicyclic amines) is 1. The Morgan fingerprint density at radius 3 is 2.92 bits per heavy atom. The Morgan fingerprint density at radius 2 is 2.13 bits per heavy atom. The summed E-state index contributed by atoms with van der Waals surface area (Å²) in [6.07, 6.45) is 7.83. The van der Waals surface area contributed by atoms with E-state index in [1.807, 2.05) is 31.0 Å². The summed E-state index contributed by atoms with van der Waals surface area (Å²) in [6.45, 7) is 5.43. The number of thiazole rings is 1. The van der Waals surface area contributed by atoms with E-state index in [-0.39, 0.29) is 11.0 Å². The molecule has 1 atom stereocenters. The molecule has 8 nitrogen and oxygen atoms in total. The van der Waals surface area contributed by atoms with Crippen LogP contribution in [-0.4, -0.2) is 49.3 Å². The van der Waals surface area contributed by atoms with E-state index in [9.17, 15) is 5.26 Å². The van der Waals surface area contributed by atoms with Gasteiger partial charge in [-0.3, -0.25) is 9.58 Å². The molecule has 0 unspecified atom stereocenters. The Morgan fingerprint density at radius 1 is 1.23 bits per heavy atom.